The summed E-state index contributed by atoms with van der Waals surface area (Å²) in [6.07, 6.45) is -1.80. The Morgan fingerprint density at radius 2 is 1.97 bits per heavy atom. The van der Waals surface area contributed by atoms with E-state index in [1.54, 1.807) is 18.2 Å². The van der Waals surface area contributed by atoms with Crippen LogP contribution in [0.1, 0.15) is 29.7 Å². The van der Waals surface area contributed by atoms with Crippen molar-refractivity contribution in [2.24, 2.45) is 5.92 Å². The summed E-state index contributed by atoms with van der Waals surface area (Å²) in [5.41, 5.74) is -0.378. The molecule has 172 valence electrons. The van der Waals surface area contributed by atoms with Crippen LogP contribution in [0.4, 0.5) is 19.1 Å². The lowest BCUT2D eigenvalue weighted by molar-refractivity contribution is -0.138. The molecular formula is C23H21F3N4O3. The number of furan rings is 1. The number of nitrogens with one attached hydrogen (secondary N) is 1. The highest BCUT2D eigenvalue weighted by atomic mass is 19.4. The number of hydrogen-bond acceptors (Lipinski definition) is 6. The molecule has 0 aliphatic carbocycles. The molecule has 2 aromatic heterocycles. The Labute approximate surface area is 187 Å². The van der Waals surface area contributed by atoms with Gasteiger partial charge in [0.15, 0.2) is 5.76 Å². The summed E-state index contributed by atoms with van der Waals surface area (Å²) >= 11 is 0. The second-order valence-electron chi connectivity index (χ2n) is 7.72. The SMILES string of the molecule is N#Cc1nc(-c2ccco2)oc1N1CCC(C(=O)NCCc2ccccc2C(F)(F)F)CC1. The van der Waals surface area contributed by atoms with E-state index in [0.29, 0.717) is 37.6 Å². The van der Waals surface area contributed by atoms with E-state index in [0.717, 1.165) is 6.07 Å². The van der Waals surface area contributed by atoms with Gasteiger partial charge in [-0.25, -0.2) is 0 Å². The first-order valence-corrected chi connectivity index (χ1v) is 10.5. The van der Waals surface area contributed by atoms with Crippen LogP contribution < -0.4 is 10.2 Å². The third-order valence-corrected chi connectivity index (χ3v) is 5.62. The number of halogens is 3. The Balaban J connectivity index is 1.31. The quantitative estimate of drug-likeness (QED) is 0.588. The molecule has 10 heteroatoms. The van der Waals surface area contributed by atoms with Gasteiger partial charge in [-0.05, 0) is 43.0 Å². The van der Waals surface area contributed by atoms with Crippen molar-refractivity contribution in [2.45, 2.75) is 25.4 Å². The second kappa shape index (κ2) is 9.40. The van der Waals surface area contributed by atoms with Crippen LogP contribution in [0.5, 0.6) is 0 Å². The molecule has 0 bridgehead atoms. The van der Waals surface area contributed by atoms with Crippen molar-refractivity contribution in [1.29, 1.82) is 5.26 Å². The molecule has 4 rings (SSSR count). The smallest absolute Gasteiger partial charge is 0.416 e. The van der Waals surface area contributed by atoms with Gasteiger partial charge in [0.1, 0.15) is 6.07 Å². The number of hydrogen-bond donors (Lipinski definition) is 1. The van der Waals surface area contributed by atoms with Crippen LogP contribution in [0, 0.1) is 17.2 Å². The largest absolute Gasteiger partial charge is 0.459 e. The van der Waals surface area contributed by atoms with Crippen LogP contribution in [0.3, 0.4) is 0 Å². The fraction of sp³-hybridized carbons (Fsp3) is 0.348. The molecule has 1 amide bonds. The molecule has 0 saturated carbocycles. The van der Waals surface area contributed by atoms with Crippen LogP contribution in [-0.2, 0) is 17.4 Å². The summed E-state index contributed by atoms with van der Waals surface area (Å²) in [5.74, 6) is 0.516. The van der Waals surface area contributed by atoms with Gasteiger partial charge in [-0.3, -0.25) is 4.79 Å². The summed E-state index contributed by atoms with van der Waals surface area (Å²) < 4.78 is 50.3. The van der Waals surface area contributed by atoms with Gasteiger partial charge in [0, 0.05) is 25.6 Å². The van der Waals surface area contributed by atoms with Gasteiger partial charge in [-0.15, -0.1) is 0 Å². The summed E-state index contributed by atoms with van der Waals surface area (Å²) in [6.45, 7) is 1.09. The standard InChI is InChI=1S/C23H21F3N4O3/c24-23(25,26)17-5-2-1-4-15(17)7-10-28-20(31)16-8-11-30(12-9-16)22-18(14-27)29-21(33-22)19-6-3-13-32-19/h1-6,13,16H,7-12H2,(H,28,31). The molecule has 1 N–H and O–H groups in total. The zero-order valence-electron chi connectivity index (χ0n) is 17.6. The number of nitriles is 1. The van der Waals surface area contributed by atoms with Crippen molar-refractivity contribution in [3.63, 3.8) is 0 Å². The molecule has 1 aliphatic heterocycles. The van der Waals surface area contributed by atoms with E-state index in [1.807, 2.05) is 11.0 Å². The first kappa shape index (κ1) is 22.5. The Bertz CT molecular complexity index is 1140. The molecule has 1 saturated heterocycles. The number of amides is 1. The van der Waals surface area contributed by atoms with Crippen LogP contribution in [0.25, 0.3) is 11.7 Å². The number of carbonyl (C=O) groups is 1. The number of carbonyl (C=O) groups excluding carboxylic acids is 1. The Morgan fingerprint density at radius 1 is 1.21 bits per heavy atom. The molecule has 7 nitrogen and oxygen atoms in total. The lowest BCUT2D eigenvalue weighted by atomic mass is 9.95. The number of piperidine rings is 1. The van der Waals surface area contributed by atoms with Gasteiger partial charge in [-0.1, -0.05) is 18.2 Å². The zero-order valence-corrected chi connectivity index (χ0v) is 17.6. The van der Waals surface area contributed by atoms with Gasteiger partial charge in [0.05, 0.1) is 11.8 Å². The van der Waals surface area contributed by atoms with E-state index in [9.17, 15) is 23.2 Å². The third-order valence-electron chi connectivity index (χ3n) is 5.62. The molecule has 1 aromatic carbocycles. The normalized spacial score (nSPS) is 14.8. The first-order valence-electron chi connectivity index (χ1n) is 10.5. The van der Waals surface area contributed by atoms with Gasteiger partial charge in [0.25, 0.3) is 5.89 Å². The molecular weight excluding hydrogens is 437 g/mol. The van der Waals surface area contributed by atoms with E-state index in [-0.39, 0.29) is 41.9 Å². The maximum absolute atomic E-state index is 13.1. The van der Waals surface area contributed by atoms with Gasteiger partial charge in [-0.2, -0.15) is 23.4 Å². The molecule has 3 heterocycles. The minimum Gasteiger partial charge on any atom is -0.459 e. The number of oxazole rings is 1. The molecule has 0 spiro atoms. The van der Waals surface area contributed by atoms with E-state index < -0.39 is 11.7 Å². The number of rotatable bonds is 6. The van der Waals surface area contributed by atoms with Crippen LogP contribution in [0.2, 0.25) is 0 Å². The average molecular weight is 458 g/mol. The molecule has 0 atom stereocenters. The topological polar surface area (TPSA) is 95.3 Å². The molecule has 0 unspecified atom stereocenters. The van der Waals surface area contributed by atoms with E-state index in [4.69, 9.17) is 8.83 Å². The predicted octanol–water partition coefficient (Wildman–Crippen LogP) is 4.40. The minimum absolute atomic E-state index is 0.0966. The summed E-state index contributed by atoms with van der Waals surface area (Å²) in [7, 11) is 0. The maximum atomic E-state index is 13.1. The first-order chi connectivity index (χ1) is 15.9. The number of aromatic nitrogens is 1. The Morgan fingerprint density at radius 3 is 2.64 bits per heavy atom. The highest BCUT2D eigenvalue weighted by Gasteiger charge is 2.33. The van der Waals surface area contributed by atoms with Crippen molar-refractivity contribution in [1.82, 2.24) is 10.3 Å². The van der Waals surface area contributed by atoms with E-state index in [1.165, 1.54) is 18.4 Å². The lowest BCUT2D eigenvalue weighted by Gasteiger charge is -2.31. The summed E-state index contributed by atoms with van der Waals surface area (Å²) in [4.78, 5) is 18.6. The van der Waals surface area contributed by atoms with Crippen molar-refractivity contribution in [2.75, 3.05) is 24.5 Å². The summed E-state index contributed by atoms with van der Waals surface area (Å²) in [6, 6.07) is 10.8. The zero-order chi connectivity index (χ0) is 23.4. The maximum Gasteiger partial charge on any atom is 0.416 e. The van der Waals surface area contributed by atoms with Crippen molar-refractivity contribution < 1.29 is 26.8 Å². The molecule has 0 radical (unpaired) electrons. The highest BCUT2D eigenvalue weighted by Crippen LogP contribution is 2.33. The Kier molecular flexibility index (Phi) is 6.40. The van der Waals surface area contributed by atoms with Gasteiger partial charge < -0.3 is 19.1 Å². The predicted molar refractivity (Wildman–Crippen MR) is 112 cm³/mol. The minimum atomic E-state index is -4.42. The molecule has 1 aliphatic rings. The average Bonchev–Trinajstić information content (AvgIpc) is 3.49. The van der Waals surface area contributed by atoms with Crippen LogP contribution in [-0.4, -0.2) is 30.5 Å². The van der Waals surface area contributed by atoms with Crippen molar-refractivity contribution >= 4 is 11.8 Å². The molecule has 3 aromatic rings. The molecule has 33 heavy (non-hydrogen) atoms. The van der Waals surface area contributed by atoms with Gasteiger partial charge in [0.2, 0.25) is 17.5 Å². The lowest BCUT2D eigenvalue weighted by Crippen LogP contribution is -2.41. The molecule has 1 fully saturated rings. The van der Waals surface area contributed by atoms with Crippen LogP contribution in [0.15, 0.2) is 51.5 Å². The third kappa shape index (κ3) is 5.03. The number of anilines is 1. The van der Waals surface area contributed by atoms with E-state index >= 15 is 0 Å². The fourth-order valence-corrected chi connectivity index (χ4v) is 3.93. The number of nitrogens with zero attached hydrogens (tertiary/aromatic N) is 3. The Hall–Kier alpha value is -3.74. The van der Waals surface area contributed by atoms with Crippen LogP contribution >= 0.6 is 0 Å². The fourth-order valence-electron chi connectivity index (χ4n) is 3.93. The van der Waals surface area contributed by atoms with E-state index in [2.05, 4.69) is 10.3 Å². The summed E-state index contributed by atoms with van der Waals surface area (Å²) in [5, 5.41) is 12.2. The second-order valence-corrected chi connectivity index (χ2v) is 7.72. The van der Waals surface area contributed by atoms with Crippen molar-refractivity contribution in [3.05, 3.63) is 59.5 Å². The van der Waals surface area contributed by atoms with Crippen molar-refractivity contribution in [3.8, 4) is 17.7 Å². The number of benzene rings is 1. The monoisotopic (exact) mass is 458 g/mol. The van der Waals surface area contributed by atoms with Gasteiger partial charge >= 0.3 is 6.18 Å². The highest BCUT2D eigenvalue weighted by molar-refractivity contribution is 5.79. The number of alkyl halides is 3.